The van der Waals surface area contributed by atoms with Gasteiger partial charge in [0.15, 0.2) is 0 Å². The molecule has 0 saturated carbocycles. The molecule has 0 saturated heterocycles. The Bertz CT molecular complexity index is 531. The van der Waals surface area contributed by atoms with Crippen LogP contribution in [0.1, 0.15) is 31.3 Å². The Morgan fingerprint density at radius 1 is 1.26 bits per heavy atom. The predicted octanol–water partition coefficient (Wildman–Crippen LogP) is 3.38. The molecule has 2 aromatic rings. The monoisotopic (exact) mass is 321 g/mol. The van der Waals surface area contributed by atoms with Gasteiger partial charge >= 0.3 is 0 Å². The molecule has 0 fully saturated rings. The molecule has 0 aromatic carbocycles. The lowest BCUT2D eigenvalue weighted by Crippen LogP contribution is -2.06. The third-order valence-electron chi connectivity index (χ3n) is 2.54. The standard InChI is InChI=1S/C14H16BrN3O/c1-10(2)14-17-12(15)9-13(18-14)19-8-6-11-5-3-4-7-16-11/h3-5,7,9-10H,6,8H2,1-2H3. The molecule has 0 amide bonds. The van der Waals surface area contributed by atoms with E-state index < -0.39 is 0 Å². The summed E-state index contributed by atoms with van der Waals surface area (Å²) in [6.45, 7) is 4.66. The Kier molecular flexibility index (Phi) is 4.85. The lowest BCUT2D eigenvalue weighted by Gasteiger charge is -2.09. The molecule has 0 unspecified atom stereocenters. The van der Waals surface area contributed by atoms with Gasteiger partial charge < -0.3 is 4.74 Å². The van der Waals surface area contributed by atoms with E-state index in [9.17, 15) is 0 Å². The van der Waals surface area contributed by atoms with E-state index in [0.29, 0.717) is 12.5 Å². The number of hydrogen-bond acceptors (Lipinski definition) is 4. The molecule has 5 heteroatoms. The molecule has 2 rings (SSSR count). The molecule has 0 N–H and O–H groups in total. The van der Waals surface area contributed by atoms with E-state index in [4.69, 9.17) is 4.74 Å². The summed E-state index contributed by atoms with van der Waals surface area (Å²) in [6, 6.07) is 7.64. The van der Waals surface area contributed by atoms with E-state index in [0.717, 1.165) is 22.5 Å². The molecule has 0 bridgehead atoms. The number of hydrogen-bond donors (Lipinski definition) is 0. The minimum atomic E-state index is 0.274. The number of nitrogens with zero attached hydrogens (tertiary/aromatic N) is 3. The van der Waals surface area contributed by atoms with E-state index in [1.54, 1.807) is 12.3 Å². The van der Waals surface area contributed by atoms with Crippen LogP contribution in [0.4, 0.5) is 0 Å². The first-order chi connectivity index (χ1) is 9.15. The van der Waals surface area contributed by atoms with E-state index in [-0.39, 0.29) is 5.92 Å². The highest BCUT2D eigenvalue weighted by molar-refractivity contribution is 9.10. The maximum Gasteiger partial charge on any atom is 0.217 e. The molecule has 0 aliphatic heterocycles. The van der Waals surface area contributed by atoms with Crippen molar-refractivity contribution in [1.82, 2.24) is 15.0 Å². The number of pyridine rings is 1. The summed E-state index contributed by atoms with van der Waals surface area (Å²) in [5, 5.41) is 0. The third-order valence-corrected chi connectivity index (χ3v) is 2.95. The van der Waals surface area contributed by atoms with Crippen LogP contribution >= 0.6 is 15.9 Å². The molecule has 2 heterocycles. The maximum absolute atomic E-state index is 5.66. The fourth-order valence-corrected chi connectivity index (χ4v) is 1.93. The van der Waals surface area contributed by atoms with Gasteiger partial charge in [-0.15, -0.1) is 0 Å². The summed E-state index contributed by atoms with van der Waals surface area (Å²) >= 11 is 3.37. The molecule has 0 spiro atoms. The van der Waals surface area contributed by atoms with Crippen LogP contribution in [-0.2, 0) is 6.42 Å². The number of rotatable bonds is 5. The maximum atomic E-state index is 5.66. The second-order valence-corrected chi connectivity index (χ2v) is 5.27. The molecule has 19 heavy (non-hydrogen) atoms. The highest BCUT2D eigenvalue weighted by Crippen LogP contribution is 2.18. The zero-order valence-corrected chi connectivity index (χ0v) is 12.6. The molecular weight excluding hydrogens is 306 g/mol. The summed E-state index contributed by atoms with van der Waals surface area (Å²) in [5.41, 5.74) is 1.01. The van der Waals surface area contributed by atoms with Gasteiger partial charge in [-0.2, -0.15) is 4.98 Å². The average Bonchev–Trinajstić information content (AvgIpc) is 2.39. The second kappa shape index (κ2) is 6.61. The van der Waals surface area contributed by atoms with Crippen LogP contribution in [-0.4, -0.2) is 21.6 Å². The van der Waals surface area contributed by atoms with Gasteiger partial charge in [0.1, 0.15) is 10.4 Å². The van der Waals surface area contributed by atoms with Gasteiger partial charge in [0.2, 0.25) is 5.88 Å². The molecule has 0 radical (unpaired) electrons. The molecule has 0 aliphatic rings. The molecule has 0 atom stereocenters. The van der Waals surface area contributed by atoms with Crippen LogP contribution in [0.25, 0.3) is 0 Å². The zero-order valence-electron chi connectivity index (χ0n) is 11.0. The Morgan fingerprint density at radius 3 is 2.79 bits per heavy atom. The first kappa shape index (κ1) is 13.9. The van der Waals surface area contributed by atoms with Crippen molar-refractivity contribution in [2.75, 3.05) is 6.61 Å². The van der Waals surface area contributed by atoms with Crippen molar-refractivity contribution in [2.24, 2.45) is 0 Å². The third kappa shape index (κ3) is 4.28. The Hall–Kier alpha value is -1.49. The molecule has 0 aliphatic carbocycles. The van der Waals surface area contributed by atoms with Gasteiger partial charge in [0.25, 0.3) is 0 Å². The first-order valence-corrected chi connectivity index (χ1v) is 7.01. The lowest BCUT2D eigenvalue weighted by molar-refractivity contribution is 0.305. The van der Waals surface area contributed by atoms with Gasteiger partial charge in [-0.05, 0) is 28.1 Å². The van der Waals surface area contributed by atoms with Crippen LogP contribution in [0.5, 0.6) is 5.88 Å². The summed E-state index contributed by atoms with van der Waals surface area (Å²) < 4.78 is 6.41. The SMILES string of the molecule is CC(C)c1nc(Br)cc(OCCc2ccccn2)n1. The number of halogens is 1. The predicted molar refractivity (Wildman–Crippen MR) is 77.3 cm³/mol. The highest BCUT2D eigenvalue weighted by atomic mass is 79.9. The first-order valence-electron chi connectivity index (χ1n) is 6.22. The summed E-state index contributed by atoms with van der Waals surface area (Å²) in [7, 11) is 0. The van der Waals surface area contributed by atoms with Gasteiger partial charge in [-0.25, -0.2) is 4.98 Å². The van der Waals surface area contributed by atoms with Crippen molar-refractivity contribution in [3.8, 4) is 5.88 Å². The van der Waals surface area contributed by atoms with E-state index >= 15 is 0 Å². The van der Waals surface area contributed by atoms with E-state index in [2.05, 4.69) is 44.7 Å². The van der Waals surface area contributed by atoms with Crippen molar-refractivity contribution in [1.29, 1.82) is 0 Å². The number of ether oxygens (including phenoxy) is 1. The normalized spacial score (nSPS) is 10.7. The van der Waals surface area contributed by atoms with E-state index in [1.165, 1.54) is 0 Å². The van der Waals surface area contributed by atoms with Crippen molar-refractivity contribution < 1.29 is 4.74 Å². The van der Waals surface area contributed by atoms with Gasteiger partial charge in [0, 0.05) is 30.3 Å². The average molecular weight is 322 g/mol. The van der Waals surface area contributed by atoms with Crippen molar-refractivity contribution in [3.63, 3.8) is 0 Å². The van der Waals surface area contributed by atoms with Crippen LogP contribution in [0.3, 0.4) is 0 Å². The van der Waals surface area contributed by atoms with Crippen LogP contribution in [0, 0.1) is 0 Å². The second-order valence-electron chi connectivity index (χ2n) is 4.46. The van der Waals surface area contributed by atoms with Gasteiger partial charge in [0.05, 0.1) is 6.61 Å². The topological polar surface area (TPSA) is 47.9 Å². The van der Waals surface area contributed by atoms with Crippen LogP contribution < -0.4 is 4.74 Å². The fraction of sp³-hybridized carbons (Fsp3) is 0.357. The molecule has 2 aromatic heterocycles. The smallest absolute Gasteiger partial charge is 0.217 e. The van der Waals surface area contributed by atoms with Crippen LogP contribution in [0.15, 0.2) is 35.1 Å². The minimum Gasteiger partial charge on any atom is -0.477 e. The quantitative estimate of drug-likeness (QED) is 0.792. The summed E-state index contributed by atoms with van der Waals surface area (Å²) in [4.78, 5) is 12.9. The van der Waals surface area contributed by atoms with Crippen molar-refractivity contribution in [2.45, 2.75) is 26.2 Å². The minimum absolute atomic E-state index is 0.274. The Morgan fingerprint density at radius 2 is 2.11 bits per heavy atom. The van der Waals surface area contributed by atoms with Gasteiger partial charge in [-0.1, -0.05) is 19.9 Å². The lowest BCUT2D eigenvalue weighted by atomic mass is 10.2. The summed E-state index contributed by atoms with van der Waals surface area (Å²) in [5.74, 6) is 1.65. The molecular formula is C14H16BrN3O. The number of aromatic nitrogens is 3. The fourth-order valence-electron chi connectivity index (χ4n) is 1.55. The van der Waals surface area contributed by atoms with Crippen molar-refractivity contribution in [3.05, 3.63) is 46.6 Å². The van der Waals surface area contributed by atoms with E-state index in [1.807, 2.05) is 18.2 Å². The highest BCUT2D eigenvalue weighted by Gasteiger charge is 2.07. The Balaban J connectivity index is 1.96. The molecule has 100 valence electrons. The van der Waals surface area contributed by atoms with Crippen molar-refractivity contribution >= 4 is 15.9 Å². The summed E-state index contributed by atoms with van der Waals surface area (Å²) in [6.07, 6.45) is 2.55. The van der Waals surface area contributed by atoms with Gasteiger partial charge in [-0.3, -0.25) is 4.98 Å². The van der Waals surface area contributed by atoms with Crippen LogP contribution in [0.2, 0.25) is 0 Å². The zero-order chi connectivity index (χ0) is 13.7. The largest absolute Gasteiger partial charge is 0.477 e. The molecule has 4 nitrogen and oxygen atoms in total. The Labute approximate surface area is 121 Å².